The standard InChI is InChI=1S/C23H25NO3S/c1-17-14-18(2)23(19(3)15-17)28(25,26)24-21-10-7-11-22(16-21)27-13-12-20-8-5-4-6-9-20/h4-11,14-16,24H,12-13H2,1-3H3. The maximum atomic E-state index is 12.9. The van der Waals surface area contributed by atoms with Gasteiger partial charge in [0.1, 0.15) is 5.75 Å². The summed E-state index contributed by atoms with van der Waals surface area (Å²) in [6, 6.07) is 20.9. The summed E-state index contributed by atoms with van der Waals surface area (Å²) in [5.41, 5.74) is 4.20. The van der Waals surface area contributed by atoms with E-state index in [1.807, 2.05) is 57.2 Å². The summed E-state index contributed by atoms with van der Waals surface area (Å²) in [4.78, 5) is 0.327. The molecule has 0 amide bonds. The Hall–Kier alpha value is -2.79. The molecule has 3 aromatic carbocycles. The van der Waals surface area contributed by atoms with Crippen molar-refractivity contribution in [1.82, 2.24) is 0 Å². The van der Waals surface area contributed by atoms with Gasteiger partial charge < -0.3 is 4.74 Å². The summed E-state index contributed by atoms with van der Waals surface area (Å²) in [5.74, 6) is 0.633. The molecule has 0 saturated heterocycles. The Balaban J connectivity index is 1.72. The first-order valence-corrected chi connectivity index (χ1v) is 10.7. The zero-order valence-electron chi connectivity index (χ0n) is 16.4. The Morgan fingerprint density at radius 3 is 2.21 bits per heavy atom. The van der Waals surface area contributed by atoms with E-state index in [4.69, 9.17) is 4.74 Å². The van der Waals surface area contributed by atoms with Crippen LogP contribution in [0.5, 0.6) is 5.75 Å². The first-order chi connectivity index (χ1) is 13.3. The Morgan fingerprint density at radius 2 is 1.54 bits per heavy atom. The summed E-state index contributed by atoms with van der Waals surface area (Å²) in [5, 5.41) is 0. The molecule has 3 aromatic rings. The van der Waals surface area contributed by atoms with Crippen LogP contribution in [0, 0.1) is 20.8 Å². The van der Waals surface area contributed by atoms with Crippen molar-refractivity contribution >= 4 is 15.7 Å². The molecule has 0 aliphatic carbocycles. The van der Waals surface area contributed by atoms with Crippen molar-refractivity contribution in [3.05, 3.63) is 89.0 Å². The van der Waals surface area contributed by atoms with E-state index >= 15 is 0 Å². The lowest BCUT2D eigenvalue weighted by atomic mass is 10.1. The second-order valence-corrected chi connectivity index (χ2v) is 8.56. The Bertz CT molecular complexity index is 1040. The highest BCUT2D eigenvalue weighted by atomic mass is 32.2. The normalized spacial score (nSPS) is 11.2. The van der Waals surface area contributed by atoms with Gasteiger partial charge in [0.25, 0.3) is 10.0 Å². The lowest BCUT2D eigenvalue weighted by Crippen LogP contribution is -2.16. The first-order valence-electron chi connectivity index (χ1n) is 9.22. The van der Waals surface area contributed by atoms with Crippen LogP contribution in [0.15, 0.2) is 71.6 Å². The molecule has 28 heavy (non-hydrogen) atoms. The summed E-state index contributed by atoms with van der Waals surface area (Å²) >= 11 is 0. The van der Waals surface area contributed by atoms with Crippen LogP contribution in [0.25, 0.3) is 0 Å². The van der Waals surface area contributed by atoms with Crippen molar-refractivity contribution in [1.29, 1.82) is 0 Å². The van der Waals surface area contributed by atoms with E-state index in [1.165, 1.54) is 5.56 Å². The van der Waals surface area contributed by atoms with Crippen molar-refractivity contribution in [2.75, 3.05) is 11.3 Å². The lowest BCUT2D eigenvalue weighted by Gasteiger charge is -2.14. The van der Waals surface area contributed by atoms with Gasteiger partial charge >= 0.3 is 0 Å². The number of hydrogen-bond acceptors (Lipinski definition) is 3. The smallest absolute Gasteiger partial charge is 0.262 e. The maximum Gasteiger partial charge on any atom is 0.262 e. The number of anilines is 1. The minimum Gasteiger partial charge on any atom is -0.493 e. The lowest BCUT2D eigenvalue weighted by molar-refractivity contribution is 0.322. The topological polar surface area (TPSA) is 55.4 Å². The minimum absolute atomic E-state index is 0.327. The third kappa shape index (κ3) is 4.93. The number of ether oxygens (including phenoxy) is 1. The summed E-state index contributed by atoms with van der Waals surface area (Å²) in [6.45, 7) is 6.12. The van der Waals surface area contributed by atoms with Gasteiger partial charge in [-0.15, -0.1) is 0 Å². The Labute approximate surface area is 167 Å². The summed E-state index contributed by atoms with van der Waals surface area (Å²) in [6.07, 6.45) is 0.790. The Kier molecular flexibility index (Phi) is 6.05. The van der Waals surface area contributed by atoms with E-state index in [0.29, 0.717) is 22.9 Å². The third-order valence-corrected chi connectivity index (χ3v) is 6.15. The van der Waals surface area contributed by atoms with Gasteiger partial charge in [-0.25, -0.2) is 8.42 Å². The van der Waals surface area contributed by atoms with E-state index in [-0.39, 0.29) is 0 Å². The monoisotopic (exact) mass is 395 g/mol. The molecule has 0 radical (unpaired) electrons. The summed E-state index contributed by atoms with van der Waals surface area (Å²) in [7, 11) is -3.68. The average Bonchev–Trinajstić information content (AvgIpc) is 2.61. The van der Waals surface area contributed by atoms with E-state index in [0.717, 1.165) is 23.1 Å². The fourth-order valence-corrected chi connectivity index (χ4v) is 4.88. The molecule has 0 spiro atoms. The number of hydrogen-bond donors (Lipinski definition) is 1. The molecule has 0 heterocycles. The van der Waals surface area contributed by atoms with E-state index in [1.54, 1.807) is 18.2 Å². The molecule has 0 atom stereocenters. The average molecular weight is 396 g/mol. The van der Waals surface area contributed by atoms with Crippen LogP contribution in [-0.4, -0.2) is 15.0 Å². The molecule has 146 valence electrons. The van der Waals surface area contributed by atoms with Crippen LogP contribution < -0.4 is 9.46 Å². The molecule has 3 rings (SSSR count). The highest BCUT2D eigenvalue weighted by Crippen LogP contribution is 2.26. The number of nitrogens with one attached hydrogen (secondary N) is 1. The first kappa shape index (κ1) is 20.0. The van der Waals surface area contributed by atoms with Crippen LogP contribution >= 0.6 is 0 Å². The zero-order chi connectivity index (χ0) is 20.1. The number of benzene rings is 3. The van der Waals surface area contributed by atoms with Gasteiger partial charge in [0.15, 0.2) is 0 Å². The fourth-order valence-electron chi connectivity index (χ4n) is 3.38. The Morgan fingerprint density at radius 1 is 0.857 bits per heavy atom. The van der Waals surface area contributed by atoms with Gasteiger partial charge in [-0.2, -0.15) is 0 Å². The molecule has 5 heteroatoms. The van der Waals surface area contributed by atoms with Gasteiger partial charge in [-0.3, -0.25) is 4.72 Å². The summed E-state index contributed by atoms with van der Waals surface area (Å²) < 4.78 is 34.3. The number of sulfonamides is 1. The molecule has 0 fully saturated rings. The van der Waals surface area contributed by atoms with Gasteiger partial charge in [0, 0.05) is 12.5 Å². The minimum atomic E-state index is -3.68. The highest BCUT2D eigenvalue weighted by molar-refractivity contribution is 7.92. The zero-order valence-corrected chi connectivity index (χ0v) is 17.2. The molecular formula is C23H25NO3S. The van der Waals surface area contributed by atoms with E-state index < -0.39 is 10.0 Å². The highest BCUT2D eigenvalue weighted by Gasteiger charge is 2.20. The molecule has 0 bridgehead atoms. The van der Waals surface area contributed by atoms with Crippen LogP contribution in [-0.2, 0) is 16.4 Å². The van der Waals surface area contributed by atoms with Crippen LogP contribution in [0.4, 0.5) is 5.69 Å². The molecule has 0 aromatic heterocycles. The quantitative estimate of drug-likeness (QED) is 0.610. The van der Waals surface area contributed by atoms with E-state index in [2.05, 4.69) is 16.9 Å². The van der Waals surface area contributed by atoms with Gasteiger partial charge in [0.05, 0.1) is 17.2 Å². The number of rotatable bonds is 7. The third-order valence-electron chi connectivity index (χ3n) is 4.46. The van der Waals surface area contributed by atoms with Gasteiger partial charge in [-0.1, -0.05) is 54.1 Å². The van der Waals surface area contributed by atoms with Gasteiger partial charge in [0.2, 0.25) is 0 Å². The van der Waals surface area contributed by atoms with Crippen molar-refractivity contribution < 1.29 is 13.2 Å². The van der Waals surface area contributed by atoms with Crippen molar-refractivity contribution in [3.63, 3.8) is 0 Å². The fraction of sp³-hybridized carbons (Fsp3) is 0.217. The number of aryl methyl sites for hydroxylation is 3. The molecule has 0 aliphatic heterocycles. The van der Waals surface area contributed by atoms with Crippen LogP contribution in [0.1, 0.15) is 22.3 Å². The van der Waals surface area contributed by atoms with Crippen LogP contribution in [0.2, 0.25) is 0 Å². The molecule has 0 saturated carbocycles. The van der Waals surface area contributed by atoms with Crippen molar-refractivity contribution in [2.24, 2.45) is 0 Å². The molecule has 0 aliphatic rings. The SMILES string of the molecule is Cc1cc(C)c(S(=O)(=O)Nc2cccc(OCCc3ccccc3)c2)c(C)c1. The molecule has 1 N–H and O–H groups in total. The molecular weight excluding hydrogens is 370 g/mol. The predicted molar refractivity (Wildman–Crippen MR) is 114 cm³/mol. The van der Waals surface area contributed by atoms with E-state index in [9.17, 15) is 8.42 Å². The van der Waals surface area contributed by atoms with Crippen molar-refractivity contribution in [2.45, 2.75) is 32.1 Å². The van der Waals surface area contributed by atoms with Crippen molar-refractivity contribution in [3.8, 4) is 5.75 Å². The maximum absolute atomic E-state index is 12.9. The molecule has 4 nitrogen and oxygen atoms in total. The second-order valence-electron chi connectivity index (χ2n) is 6.95. The van der Waals surface area contributed by atoms with Crippen LogP contribution in [0.3, 0.4) is 0 Å². The second kappa shape index (κ2) is 8.48. The predicted octanol–water partition coefficient (Wildman–Crippen LogP) is 5.03. The largest absolute Gasteiger partial charge is 0.493 e. The van der Waals surface area contributed by atoms with Gasteiger partial charge in [-0.05, 0) is 49.6 Å². The molecule has 0 unspecified atom stereocenters.